The van der Waals surface area contributed by atoms with Crippen LogP contribution in [-0.4, -0.2) is 31.2 Å². The van der Waals surface area contributed by atoms with Crippen LogP contribution in [0.3, 0.4) is 0 Å². The Bertz CT molecular complexity index is 1190. The molecule has 0 saturated carbocycles. The van der Waals surface area contributed by atoms with E-state index in [1.165, 1.54) is 30.3 Å². The molecule has 11 heteroatoms. The van der Waals surface area contributed by atoms with Crippen LogP contribution in [0, 0.1) is 6.92 Å². The van der Waals surface area contributed by atoms with Crippen molar-refractivity contribution in [1.82, 2.24) is 10.5 Å². The van der Waals surface area contributed by atoms with Gasteiger partial charge in [0.1, 0.15) is 11.5 Å². The molecule has 1 amide bonds. The van der Waals surface area contributed by atoms with Gasteiger partial charge >= 0.3 is 0 Å². The highest BCUT2D eigenvalue weighted by molar-refractivity contribution is 7.92. The number of para-hydroxylation sites is 1. The molecule has 3 N–H and O–H groups in total. The maximum absolute atomic E-state index is 12.5. The summed E-state index contributed by atoms with van der Waals surface area (Å²) < 4.78 is 37.5. The smallest absolute Gasteiger partial charge is 0.263 e. The molecule has 0 unspecified atom stereocenters. The molecule has 0 saturated heterocycles. The zero-order valence-electron chi connectivity index (χ0n) is 16.7. The van der Waals surface area contributed by atoms with Crippen molar-refractivity contribution in [2.75, 3.05) is 16.6 Å². The molecule has 3 rings (SSSR count). The minimum Gasteiger partial charge on any atom is -0.493 e. The van der Waals surface area contributed by atoms with Crippen molar-refractivity contribution < 1.29 is 22.5 Å². The molecule has 0 aliphatic rings. The Morgan fingerprint density at radius 1 is 1.16 bits per heavy atom. The first-order valence-electron chi connectivity index (χ1n) is 9.19. The third-order valence-electron chi connectivity index (χ3n) is 3.95. The number of aryl methyl sites for hydroxylation is 1. The third kappa shape index (κ3) is 5.80. The van der Waals surface area contributed by atoms with Crippen LogP contribution in [0.1, 0.15) is 23.0 Å². The number of aromatic nitrogens is 1. The molecule has 31 heavy (non-hydrogen) atoms. The molecule has 0 radical (unpaired) electrons. The SMILES string of the molecule is CCOc1ccccc1C(=O)NC(=S)Nc1ccc(S(=O)(=O)Nc2cc(C)on2)cc1. The van der Waals surface area contributed by atoms with Crippen molar-refractivity contribution in [1.29, 1.82) is 0 Å². The third-order valence-corrected chi connectivity index (χ3v) is 5.52. The van der Waals surface area contributed by atoms with E-state index in [4.69, 9.17) is 21.5 Å². The van der Waals surface area contributed by atoms with Gasteiger partial charge < -0.3 is 14.6 Å². The Morgan fingerprint density at radius 3 is 2.52 bits per heavy atom. The average molecular weight is 461 g/mol. The summed E-state index contributed by atoms with van der Waals surface area (Å²) in [6.45, 7) is 3.91. The normalized spacial score (nSPS) is 10.9. The van der Waals surface area contributed by atoms with Crippen molar-refractivity contribution >= 4 is 44.8 Å². The largest absolute Gasteiger partial charge is 0.493 e. The second-order valence-electron chi connectivity index (χ2n) is 6.29. The van der Waals surface area contributed by atoms with Gasteiger partial charge in [0.25, 0.3) is 15.9 Å². The van der Waals surface area contributed by atoms with Gasteiger partial charge in [0.2, 0.25) is 0 Å². The van der Waals surface area contributed by atoms with Gasteiger partial charge in [-0.15, -0.1) is 0 Å². The summed E-state index contributed by atoms with van der Waals surface area (Å²) in [6.07, 6.45) is 0. The first-order valence-corrected chi connectivity index (χ1v) is 11.1. The number of nitrogens with one attached hydrogen (secondary N) is 3. The average Bonchev–Trinajstić information content (AvgIpc) is 3.12. The summed E-state index contributed by atoms with van der Waals surface area (Å²) in [5.41, 5.74) is 0.851. The number of amides is 1. The number of ether oxygens (including phenoxy) is 1. The van der Waals surface area contributed by atoms with Gasteiger partial charge in [-0.3, -0.25) is 14.8 Å². The quantitative estimate of drug-likeness (QED) is 0.459. The van der Waals surface area contributed by atoms with Crippen LogP contribution in [-0.2, 0) is 10.0 Å². The van der Waals surface area contributed by atoms with E-state index >= 15 is 0 Å². The summed E-state index contributed by atoms with van der Waals surface area (Å²) in [5, 5.41) is 9.09. The fourth-order valence-electron chi connectivity index (χ4n) is 2.60. The first-order chi connectivity index (χ1) is 14.8. The van der Waals surface area contributed by atoms with Crippen LogP contribution >= 0.6 is 12.2 Å². The van der Waals surface area contributed by atoms with Gasteiger partial charge in [0, 0.05) is 11.8 Å². The zero-order chi connectivity index (χ0) is 22.4. The lowest BCUT2D eigenvalue weighted by atomic mass is 10.2. The maximum Gasteiger partial charge on any atom is 0.263 e. The van der Waals surface area contributed by atoms with E-state index in [0.29, 0.717) is 29.4 Å². The van der Waals surface area contributed by atoms with E-state index in [1.807, 2.05) is 6.92 Å². The number of thiocarbonyl (C=S) groups is 1. The number of rotatable bonds is 7. The van der Waals surface area contributed by atoms with E-state index in [2.05, 4.69) is 20.5 Å². The Morgan fingerprint density at radius 2 is 1.87 bits per heavy atom. The van der Waals surface area contributed by atoms with Crippen LogP contribution in [0.4, 0.5) is 11.5 Å². The lowest BCUT2D eigenvalue weighted by Gasteiger charge is -2.12. The van der Waals surface area contributed by atoms with Crippen molar-refractivity contribution in [3.8, 4) is 5.75 Å². The van der Waals surface area contributed by atoms with E-state index in [-0.39, 0.29) is 15.8 Å². The fourth-order valence-corrected chi connectivity index (χ4v) is 3.79. The van der Waals surface area contributed by atoms with Crippen LogP contribution in [0.5, 0.6) is 5.75 Å². The molecule has 3 aromatic rings. The fraction of sp³-hybridized carbons (Fsp3) is 0.150. The summed E-state index contributed by atoms with van der Waals surface area (Å²) in [7, 11) is -3.83. The topological polar surface area (TPSA) is 123 Å². The Hall–Kier alpha value is -3.44. The van der Waals surface area contributed by atoms with Gasteiger partial charge in [0.05, 0.1) is 17.1 Å². The highest BCUT2D eigenvalue weighted by atomic mass is 32.2. The van der Waals surface area contributed by atoms with Gasteiger partial charge in [-0.05, 0) is 62.5 Å². The molecular formula is C20H20N4O5S2. The van der Waals surface area contributed by atoms with Crippen LogP contribution in [0.2, 0.25) is 0 Å². The molecule has 162 valence electrons. The second kappa shape index (κ2) is 9.58. The molecule has 0 bridgehead atoms. The monoisotopic (exact) mass is 460 g/mol. The highest BCUT2D eigenvalue weighted by Gasteiger charge is 2.17. The summed E-state index contributed by atoms with van der Waals surface area (Å²) in [6, 6.07) is 14.1. The molecular weight excluding hydrogens is 440 g/mol. The molecule has 0 spiro atoms. The Labute approximate surface area is 184 Å². The minimum atomic E-state index is -3.83. The van der Waals surface area contributed by atoms with Crippen molar-refractivity contribution in [3.63, 3.8) is 0 Å². The van der Waals surface area contributed by atoms with E-state index < -0.39 is 15.9 Å². The number of carbonyl (C=O) groups is 1. The van der Waals surface area contributed by atoms with Crippen LogP contribution in [0.25, 0.3) is 0 Å². The molecule has 0 aliphatic heterocycles. The molecule has 1 heterocycles. The number of benzene rings is 2. The molecule has 9 nitrogen and oxygen atoms in total. The van der Waals surface area contributed by atoms with E-state index in [9.17, 15) is 13.2 Å². The van der Waals surface area contributed by atoms with Gasteiger partial charge in [-0.25, -0.2) is 8.42 Å². The van der Waals surface area contributed by atoms with Gasteiger partial charge in [-0.2, -0.15) is 0 Å². The molecule has 1 aromatic heterocycles. The van der Waals surface area contributed by atoms with Crippen molar-refractivity contribution in [3.05, 3.63) is 65.9 Å². The number of carbonyl (C=O) groups excluding carboxylic acids is 1. The van der Waals surface area contributed by atoms with E-state index in [1.54, 1.807) is 31.2 Å². The van der Waals surface area contributed by atoms with Crippen molar-refractivity contribution in [2.45, 2.75) is 18.7 Å². The second-order valence-corrected chi connectivity index (χ2v) is 8.38. The Balaban J connectivity index is 1.63. The maximum atomic E-state index is 12.5. The summed E-state index contributed by atoms with van der Waals surface area (Å²) in [4.78, 5) is 12.5. The lowest BCUT2D eigenvalue weighted by Crippen LogP contribution is -2.34. The predicted octanol–water partition coefficient (Wildman–Crippen LogP) is 3.31. The highest BCUT2D eigenvalue weighted by Crippen LogP contribution is 2.19. The summed E-state index contributed by atoms with van der Waals surface area (Å²) in [5.74, 6) is 0.607. The van der Waals surface area contributed by atoms with Gasteiger partial charge in [-0.1, -0.05) is 17.3 Å². The number of hydrogen-bond acceptors (Lipinski definition) is 7. The molecule has 0 atom stereocenters. The first kappa shape index (κ1) is 22.2. The number of sulfonamides is 1. The van der Waals surface area contributed by atoms with Crippen LogP contribution in [0.15, 0.2) is 64.0 Å². The van der Waals surface area contributed by atoms with Crippen LogP contribution < -0.4 is 20.1 Å². The Kier molecular flexibility index (Phi) is 6.88. The van der Waals surface area contributed by atoms with Crippen molar-refractivity contribution in [2.24, 2.45) is 0 Å². The lowest BCUT2D eigenvalue weighted by molar-refractivity contribution is 0.0974. The molecule has 0 fully saturated rings. The number of anilines is 2. The van der Waals surface area contributed by atoms with E-state index in [0.717, 1.165) is 0 Å². The number of hydrogen-bond donors (Lipinski definition) is 3. The molecule has 2 aromatic carbocycles. The zero-order valence-corrected chi connectivity index (χ0v) is 18.3. The minimum absolute atomic E-state index is 0.0271. The number of nitrogens with zero attached hydrogens (tertiary/aromatic N) is 1. The predicted molar refractivity (Wildman–Crippen MR) is 120 cm³/mol. The standard InChI is InChI=1S/C20H20N4O5S2/c1-3-28-17-7-5-4-6-16(17)19(25)22-20(30)21-14-8-10-15(11-9-14)31(26,27)24-18-12-13(2)29-23-18/h4-12H,3H2,1-2H3,(H,23,24)(H2,21,22,25,30). The summed E-state index contributed by atoms with van der Waals surface area (Å²) >= 11 is 5.18. The molecule has 0 aliphatic carbocycles. The van der Waals surface area contributed by atoms with Gasteiger partial charge in [0.15, 0.2) is 10.9 Å².